The van der Waals surface area contributed by atoms with Gasteiger partial charge >= 0.3 is 12.1 Å². The maximum Gasteiger partial charge on any atom is 0.426 e. The Morgan fingerprint density at radius 1 is 0.846 bits per heavy atom. The smallest absolute Gasteiger partial charge is 0.426 e. The molecule has 0 aliphatic rings. The number of esters is 1. The van der Waals surface area contributed by atoms with Gasteiger partial charge in [-0.3, -0.25) is 4.39 Å². The summed E-state index contributed by atoms with van der Waals surface area (Å²) in [4.78, 5) is 12.0. The molecule has 39 heavy (non-hydrogen) atoms. The molecule has 3 aromatic rings. The van der Waals surface area contributed by atoms with E-state index in [0.717, 1.165) is 31.2 Å². The molecule has 0 amide bonds. The molecule has 0 bridgehead atoms. The van der Waals surface area contributed by atoms with E-state index in [1.54, 1.807) is 18.2 Å². The quantitative estimate of drug-likeness (QED) is 0.0962. The van der Waals surface area contributed by atoms with Crippen molar-refractivity contribution in [2.24, 2.45) is 0 Å². The van der Waals surface area contributed by atoms with Gasteiger partial charge in [0.2, 0.25) is 0 Å². The first-order chi connectivity index (χ1) is 18.8. The Morgan fingerprint density at radius 2 is 1.56 bits per heavy atom. The highest BCUT2D eigenvalue weighted by Gasteiger charge is 2.34. The normalized spacial score (nSPS) is 11.5. The minimum absolute atomic E-state index is 0.0382. The SMILES string of the molecule is Nc1ccc(CCCCCOC(=O)/C=C/c2ccc(OC(F)(F)c3ccc(OCCCF)cc3)cc2)c(N)c1. The van der Waals surface area contributed by atoms with Crippen molar-refractivity contribution in [2.45, 2.75) is 38.2 Å². The van der Waals surface area contributed by atoms with Crippen molar-refractivity contribution < 1.29 is 32.2 Å². The van der Waals surface area contributed by atoms with E-state index in [2.05, 4.69) is 0 Å². The molecule has 0 heterocycles. The molecule has 0 aliphatic carbocycles. The average molecular weight is 543 g/mol. The molecule has 9 heteroatoms. The minimum Gasteiger partial charge on any atom is -0.494 e. The van der Waals surface area contributed by atoms with Crippen LogP contribution in [-0.4, -0.2) is 25.9 Å². The Kier molecular flexibility index (Phi) is 11.1. The molecular weight excluding hydrogens is 509 g/mol. The molecule has 3 rings (SSSR count). The van der Waals surface area contributed by atoms with Crippen LogP contribution in [0.25, 0.3) is 6.08 Å². The van der Waals surface area contributed by atoms with Gasteiger partial charge in [-0.15, -0.1) is 0 Å². The first-order valence-electron chi connectivity index (χ1n) is 12.7. The lowest BCUT2D eigenvalue weighted by Gasteiger charge is -2.18. The number of nitrogen functional groups attached to an aromatic ring is 2. The topological polar surface area (TPSA) is 96.8 Å². The third-order valence-electron chi connectivity index (χ3n) is 5.78. The molecule has 0 aromatic heterocycles. The number of hydrogen-bond acceptors (Lipinski definition) is 6. The van der Waals surface area contributed by atoms with Crippen molar-refractivity contribution in [1.82, 2.24) is 0 Å². The fourth-order valence-corrected chi connectivity index (χ4v) is 3.66. The largest absolute Gasteiger partial charge is 0.494 e. The van der Waals surface area contributed by atoms with Crippen LogP contribution < -0.4 is 20.9 Å². The van der Waals surface area contributed by atoms with Crippen molar-refractivity contribution in [3.8, 4) is 11.5 Å². The zero-order valence-corrected chi connectivity index (χ0v) is 21.6. The number of rotatable bonds is 15. The molecule has 0 saturated heterocycles. The number of hydrogen-bond donors (Lipinski definition) is 2. The van der Waals surface area contributed by atoms with E-state index < -0.39 is 18.8 Å². The molecule has 0 radical (unpaired) electrons. The van der Waals surface area contributed by atoms with Crippen LogP contribution in [0.5, 0.6) is 11.5 Å². The summed E-state index contributed by atoms with van der Waals surface area (Å²) in [7, 11) is 0. The summed E-state index contributed by atoms with van der Waals surface area (Å²) < 4.78 is 56.6. The number of alkyl halides is 3. The van der Waals surface area contributed by atoms with Gasteiger partial charge in [-0.2, -0.15) is 8.78 Å². The predicted octanol–water partition coefficient (Wildman–Crippen LogP) is 6.69. The molecule has 0 unspecified atom stereocenters. The van der Waals surface area contributed by atoms with Gasteiger partial charge in [0.15, 0.2) is 0 Å². The molecule has 0 aliphatic heterocycles. The maximum atomic E-state index is 14.6. The Labute approximate surface area is 226 Å². The van der Waals surface area contributed by atoms with Gasteiger partial charge < -0.3 is 25.7 Å². The van der Waals surface area contributed by atoms with E-state index in [-0.39, 0.29) is 24.3 Å². The van der Waals surface area contributed by atoms with Crippen molar-refractivity contribution in [3.63, 3.8) is 0 Å². The van der Waals surface area contributed by atoms with Crippen LogP contribution in [-0.2, 0) is 22.1 Å². The predicted molar refractivity (Wildman–Crippen MR) is 146 cm³/mol. The lowest BCUT2D eigenvalue weighted by atomic mass is 10.0. The standard InChI is InChI=1S/C30H33F3N2O4/c31-18-4-20-37-26-15-10-24(11-16-26)30(32,33)39-27-13-6-22(7-14-27)8-17-29(36)38-19-3-1-2-5-23-9-12-25(34)21-28(23)35/h6-17,21H,1-5,18-20,34-35H2/b17-8+. The van der Waals surface area contributed by atoms with E-state index in [9.17, 15) is 18.0 Å². The van der Waals surface area contributed by atoms with Crippen LogP contribution in [0.2, 0.25) is 0 Å². The number of carbonyl (C=O) groups excluding carboxylic acids is 1. The highest BCUT2D eigenvalue weighted by atomic mass is 19.3. The number of benzene rings is 3. The van der Waals surface area contributed by atoms with E-state index in [1.165, 1.54) is 48.6 Å². The second-order valence-electron chi connectivity index (χ2n) is 8.87. The zero-order chi connectivity index (χ0) is 28.1. The van der Waals surface area contributed by atoms with Crippen molar-refractivity contribution in [3.05, 3.63) is 89.5 Å². The molecule has 3 aromatic carbocycles. The highest BCUT2D eigenvalue weighted by Crippen LogP contribution is 2.32. The van der Waals surface area contributed by atoms with Crippen LogP contribution in [0.3, 0.4) is 0 Å². The van der Waals surface area contributed by atoms with E-state index in [1.807, 2.05) is 12.1 Å². The van der Waals surface area contributed by atoms with Crippen molar-refractivity contribution >= 4 is 23.4 Å². The van der Waals surface area contributed by atoms with E-state index in [0.29, 0.717) is 29.3 Å². The summed E-state index contributed by atoms with van der Waals surface area (Å²) in [6.07, 6.45) is 2.84. The Bertz CT molecular complexity index is 1220. The summed E-state index contributed by atoms with van der Waals surface area (Å²) in [5.74, 6) is -0.150. The fourth-order valence-electron chi connectivity index (χ4n) is 3.66. The monoisotopic (exact) mass is 542 g/mol. The Morgan fingerprint density at radius 3 is 2.26 bits per heavy atom. The van der Waals surface area contributed by atoms with Gasteiger partial charge in [0.1, 0.15) is 11.5 Å². The zero-order valence-electron chi connectivity index (χ0n) is 21.6. The Hall–Kier alpha value is -4.14. The molecule has 6 nitrogen and oxygen atoms in total. The number of anilines is 2. The number of nitrogens with two attached hydrogens (primary N) is 2. The average Bonchev–Trinajstić information content (AvgIpc) is 2.91. The maximum absolute atomic E-state index is 14.6. The van der Waals surface area contributed by atoms with Gasteiger partial charge in [0.05, 0.1) is 25.5 Å². The number of aryl methyl sites for hydroxylation is 1. The van der Waals surface area contributed by atoms with E-state index in [4.69, 9.17) is 25.7 Å². The van der Waals surface area contributed by atoms with Crippen molar-refractivity contribution in [1.29, 1.82) is 0 Å². The number of ether oxygens (including phenoxy) is 3. The summed E-state index contributed by atoms with van der Waals surface area (Å²) in [5.41, 5.74) is 14.3. The molecular formula is C30H33F3N2O4. The van der Waals surface area contributed by atoms with Crippen LogP contribution >= 0.6 is 0 Å². The van der Waals surface area contributed by atoms with Gasteiger partial charge in [-0.05, 0) is 91.4 Å². The Balaban J connectivity index is 1.38. The van der Waals surface area contributed by atoms with Gasteiger partial charge in [-0.1, -0.05) is 18.2 Å². The van der Waals surface area contributed by atoms with E-state index >= 15 is 0 Å². The van der Waals surface area contributed by atoms with Gasteiger partial charge in [-0.25, -0.2) is 4.79 Å². The van der Waals surface area contributed by atoms with Gasteiger partial charge in [0.25, 0.3) is 0 Å². The van der Waals surface area contributed by atoms with Crippen LogP contribution in [0.4, 0.5) is 24.5 Å². The van der Waals surface area contributed by atoms with Crippen LogP contribution in [0, 0.1) is 0 Å². The lowest BCUT2D eigenvalue weighted by molar-refractivity contribution is -0.185. The molecule has 0 spiro atoms. The van der Waals surface area contributed by atoms with Gasteiger partial charge in [0, 0.05) is 23.9 Å². The molecule has 0 saturated carbocycles. The molecule has 4 N–H and O–H groups in total. The molecule has 0 fully saturated rings. The summed E-state index contributed by atoms with van der Waals surface area (Å²) in [5, 5.41) is 0. The fraction of sp³-hybridized carbons (Fsp3) is 0.300. The third kappa shape index (κ3) is 9.92. The van der Waals surface area contributed by atoms with Crippen LogP contribution in [0.1, 0.15) is 42.4 Å². The first kappa shape index (κ1) is 29.4. The first-order valence-corrected chi connectivity index (χ1v) is 12.7. The third-order valence-corrected chi connectivity index (χ3v) is 5.78. The molecule has 0 atom stereocenters. The number of halogens is 3. The van der Waals surface area contributed by atoms with Crippen molar-refractivity contribution in [2.75, 3.05) is 31.4 Å². The van der Waals surface area contributed by atoms with Crippen LogP contribution in [0.15, 0.2) is 72.8 Å². The molecule has 208 valence electrons. The second kappa shape index (κ2) is 14.7. The number of carbonyl (C=O) groups is 1. The number of unbranched alkanes of at least 4 members (excludes halogenated alkanes) is 2. The minimum atomic E-state index is -3.57. The summed E-state index contributed by atoms with van der Waals surface area (Å²) in [6, 6.07) is 16.6. The highest BCUT2D eigenvalue weighted by molar-refractivity contribution is 5.87. The lowest BCUT2D eigenvalue weighted by Crippen LogP contribution is -2.21. The summed E-state index contributed by atoms with van der Waals surface area (Å²) in [6.45, 7) is -0.0386. The summed E-state index contributed by atoms with van der Waals surface area (Å²) >= 11 is 0. The second-order valence-corrected chi connectivity index (χ2v) is 8.87.